The van der Waals surface area contributed by atoms with Crippen LogP contribution in [0.5, 0.6) is 0 Å². The first-order valence-electron chi connectivity index (χ1n) is 6.02. The molecule has 0 aliphatic rings. The number of anilines is 1. The lowest BCUT2D eigenvalue weighted by Gasteiger charge is -2.07. The fraction of sp³-hybridized carbons (Fsp3) is 0.214. The summed E-state index contributed by atoms with van der Waals surface area (Å²) in [5, 5.41) is 7.71. The van der Waals surface area contributed by atoms with Gasteiger partial charge in [-0.25, -0.2) is 4.39 Å². The molecule has 0 aliphatic heterocycles. The van der Waals surface area contributed by atoms with Gasteiger partial charge in [0.1, 0.15) is 5.82 Å². The van der Waals surface area contributed by atoms with E-state index in [1.807, 2.05) is 17.5 Å². The molecule has 2 aromatic rings. The number of nitrogens with one attached hydrogen (secondary N) is 2. The normalized spacial score (nSPS) is 10.2. The highest BCUT2D eigenvalue weighted by Gasteiger charge is 2.01. The summed E-state index contributed by atoms with van der Waals surface area (Å²) < 4.78 is 12.9. The van der Waals surface area contributed by atoms with Gasteiger partial charge in [0.05, 0.1) is 6.54 Å². The molecule has 0 fully saturated rings. The lowest BCUT2D eigenvalue weighted by molar-refractivity contribution is -0.119. The predicted octanol–water partition coefficient (Wildman–Crippen LogP) is 2.66. The second-order valence-corrected chi connectivity index (χ2v) is 5.08. The van der Waals surface area contributed by atoms with Crippen LogP contribution < -0.4 is 10.6 Å². The summed E-state index contributed by atoms with van der Waals surface area (Å²) in [4.78, 5) is 12.8. The Labute approximate surface area is 115 Å². The van der Waals surface area contributed by atoms with Crippen molar-refractivity contribution in [2.24, 2.45) is 0 Å². The Kier molecular flexibility index (Phi) is 4.92. The van der Waals surface area contributed by atoms with Crippen LogP contribution in [0.15, 0.2) is 41.8 Å². The van der Waals surface area contributed by atoms with Crippen molar-refractivity contribution >= 4 is 22.9 Å². The Morgan fingerprint density at radius 3 is 2.89 bits per heavy atom. The average Bonchev–Trinajstić information content (AvgIpc) is 2.90. The molecule has 5 heteroatoms. The number of halogens is 1. The molecule has 0 saturated carbocycles. The van der Waals surface area contributed by atoms with Gasteiger partial charge in [0.15, 0.2) is 0 Å². The summed E-state index contributed by atoms with van der Waals surface area (Å²) >= 11 is 1.68. The lowest BCUT2D eigenvalue weighted by Crippen LogP contribution is -2.31. The van der Waals surface area contributed by atoms with Crippen LogP contribution in [-0.2, 0) is 11.2 Å². The van der Waals surface area contributed by atoms with E-state index in [2.05, 4.69) is 10.6 Å². The van der Waals surface area contributed by atoms with Crippen LogP contribution in [0.4, 0.5) is 10.1 Å². The zero-order valence-electron chi connectivity index (χ0n) is 10.4. The maximum atomic E-state index is 12.9. The maximum Gasteiger partial charge on any atom is 0.239 e. The van der Waals surface area contributed by atoms with E-state index < -0.39 is 0 Å². The Balaban J connectivity index is 1.67. The second-order valence-electron chi connectivity index (χ2n) is 4.04. The van der Waals surface area contributed by atoms with E-state index in [0.717, 1.165) is 6.42 Å². The molecule has 1 aromatic carbocycles. The number of carbonyl (C=O) groups is 1. The van der Waals surface area contributed by atoms with Gasteiger partial charge >= 0.3 is 0 Å². The van der Waals surface area contributed by atoms with E-state index in [-0.39, 0.29) is 18.3 Å². The van der Waals surface area contributed by atoms with Crippen molar-refractivity contribution in [2.45, 2.75) is 6.42 Å². The third kappa shape index (κ3) is 4.71. The van der Waals surface area contributed by atoms with Gasteiger partial charge in [-0.05, 0) is 36.1 Å². The number of carbonyl (C=O) groups excluding carboxylic acids is 1. The van der Waals surface area contributed by atoms with Gasteiger partial charge in [0.2, 0.25) is 5.91 Å². The molecule has 0 atom stereocenters. The second kappa shape index (κ2) is 6.89. The van der Waals surface area contributed by atoms with Crippen LogP contribution in [0.2, 0.25) is 0 Å². The zero-order chi connectivity index (χ0) is 13.5. The molecule has 1 aromatic heterocycles. The van der Waals surface area contributed by atoms with Crippen LogP contribution in [0.25, 0.3) is 0 Å². The molecule has 2 N–H and O–H groups in total. The van der Waals surface area contributed by atoms with Crippen LogP contribution in [0.1, 0.15) is 4.88 Å². The standard InChI is InChI=1S/C14H15FN2OS/c15-11-3-1-4-12(9-11)17-10-14(18)16-7-6-13-5-2-8-19-13/h1-5,8-9,17H,6-7,10H2,(H,16,18). The molecule has 3 nitrogen and oxygen atoms in total. The molecule has 19 heavy (non-hydrogen) atoms. The highest BCUT2D eigenvalue weighted by molar-refractivity contribution is 7.09. The van der Waals surface area contributed by atoms with Crippen molar-refractivity contribution in [2.75, 3.05) is 18.4 Å². The van der Waals surface area contributed by atoms with E-state index >= 15 is 0 Å². The zero-order valence-corrected chi connectivity index (χ0v) is 11.2. The van der Waals surface area contributed by atoms with Gasteiger partial charge in [-0.3, -0.25) is 4.79 Å². The van der Waals surface area contributed by atoms with Gasteiger partial charge in [-0.15, -0.1) is 11.3 Å². The van der Waals surface area contributed by atoms with Gasteiger partial charge < -0.3 is 10.6 Å². The molecule has 0 bridgehead atoms. The molecule has 2 rings (SSSR count). The SMILES string of the molecule is O=C(CNc1cccc(F)c1)NCCc1cccs1. The molecule has 0 unspecified atom stereocenters. The summed E-state index contributed by atoms with van der Waals surface area (Å²) in [5.41, 5.74) is 0.605. The number of benzene rings is 1. The van der Waals surface area contributed by atoms with Crippen molar-refractivity contribution in [3.8, 4) is 0 Å². The van der Waals surface area contributed by atoms with Crippen molar-refractivity contribution in [3.63, 3.8) is 0 Å². The highest BCUT2D eigenvalue weighted by atomic mass is 32.1. The molecule has 0 radical (unpaired) electrons. The number of rotatable bonds is 6. The predicted molar refractivity (Wildman–Crippen MR) is 75.9 cm³/mol. The van der Waals surface area contributed by atoms with Gasteiger partial charge in [-0.1, -0.05) is 12.1 Å². The molecule has 100 valence electrons. The third-order valence-electron chi connectivity index (χ3n) is 2.55. The summed E-state index contributed by atoms with van der Waals surface area (Å²) in [7, 11) is 0. The van der Waals surface area contributed by atoms with Crippen LogP contribution in [0, 0.1) is 5.82 Å². The first kappa shape index (κ1) is 13.5. The van der Waals surface area contributed by atoms with Crippen molar-refractivity contribution in [1.29, 1.82) is 0 Å². The topological polar surface area (TPSA) is 41.1 Å². The van der Waals surface area contributed by atoms with E-state index in [4.69, 9.17) is 0 Å². The minimum Gasteiger partial charge on any atom is -0.376 e. The molecule has 0 aliphatic carbocycles. The van der Waals surface area contributed by atoms with E-state index in [1.165, 1.54) is 17.0 Å². The van der Waals surface area contributed by atoms with E-state index in [1.54, 1.807) is 23.5 Å². The van der Waals surface area contributed by atoms with Crippen LogP contribution >= 0.6 is 11.3 Å². The van der Waals surface area contributed by atoms with Gasteiger partial charge in [-0.2, -0.15) is 0 Å². The summed E-state index contributed by atoms with van der Waals surface area (Å²) in [5.74, 6) is -0.413. The minimum absolute atomic E-state index is 0.0965. The Morgan fingerprint density at radius 1 is 1.26 bits per heavy atom. The number of thiophene rings is 1. The highest BCUT2D eigenvalue weighted by Crippen LogP contribution is 2.09. The van der Waals surface area contributed by atoms with Gasteiger partial charge in [0, 0.05) is 17.1 Å². The average molecular weight is 278 g/mol. The number of amides is 1. The van der Waals surface area contributed by atoms with Crippen molar-refractivity contribution < 1.29 is 9.18 Å². The number of hydrogen-bond acceptors (Lipinski definition) is 3. The van der Waals surface area contributed by atoms with E-state index in [9.17, 15) is 9.18 Å². The quantitative estimate of drug-likeness (QED) is 0.853. The van der Waals surface area contributed by atoms with Crippen molar-refractivity contribution in [1.82, 2.24) is 5.32 Å². The first-order chi connectivity index (χ1) is 9.24. The molecule has 1 amide bonds. The smallest absolute Gasteiger partial charge is 0.239 e. The Bertz CT molecular complexity index is 528. The largest absolute Gasteiger partial charge is 0.376 e. The first-order valence-corrected chi connectivity index (χ1v) is 6.90. The van der Waals surface area contributed by atoms with Crippen LogP contribution in [0.3, 0.4) is 0 Å². The minimum atomic E-state index is -0.317. The van der Waals surface area contributed by atoms with Gasteiger partial charge in [0.25, 0.3) is 0 Å². The van der Waals surface area contributed by atoms with Crippen LogP contribution in [-0.4, -0.2) is 19.0 Å². The summed E-state index contributed by atoms with van der Waals surface area (Å²) in [6.07, 6.45) is 0.837. The third-order valence-corrected chi connectivity index (χ3v) is 3.49. The molecule has 1 heterocycles. The van der Waals surface area contributed by atoms with E-state index in [0.29, 0.717) is 12.2 Å². The molecule has 0 spiro atoms. The molecular weight excluding hydrogens is 263 g/mol. The summed E-state index contributed by atoms with van der Waals surface area (Å²) in [6, 6.07) is 10.1. The molecule has 0 saturated heterocycles. The monoisotopic (exact) mass is 278 g/mol. The molecular formula is C14H15FN2OS. The Morgan fingerprint density at radius 2 is 2.16 bits per heavy atom. The fourth-order valence-electron chi connectivity index (χ4n) is 1.62. The summed E-state index contributed by atoms with van der Waals surface area (Å²) in [6.45, 7) is 0.762. The fourth-order valence-corrected chi connectivity index (χ4v) is 2.33. The van der Waals surface area contributed by atoms with Crippen molar-refractivity contribution in [3.05, 3.63) is 52.5 Å². The maximum absolute atomic E-state index is 12.9. The Hall–Kier alpha value is -1.88. The number of hydrogen-bond donors (Lipinski definition) is 2. The lowest BCUT2D eigenvalue weighted by atomic mass is 10.3.